The molecule has 1 atom stereocenters. The Balaban J connectivity index is 2.84. The molecule has 0 saturated carbocycles. The molecule has 0 bridgehead atoms. The first kappa shape index (κ1) is 13.2. The van der Waals surface area contributed by atoms with E-state index in [-0.39, 0.29) is 11.9 Å². The van der Waals surface area contributed by atoms with Crippen molar-refractivity contribution in [3.8, 4) is 5.75 Å². The number of oxime groups is 1. The lowest BCUT2D eigenvalue weighted by molar-refractivity contribution is 0.316. The minimum Gasteiger partial charge on any atom is -0.496 e. The number of ether oxygens (including phenoxy) is 1. The average Bonchev–Trinajstić information content (AvgIpc) is 2.35. The summed E-state index contributed by atoms with van der Waals surface area (Å²) in [5, 5.41) is 14.9. The molecule has 0 fully saturated rings. The Labute approximate surface area is 101 Å². The quantitative estimate of drug-likeness (QED) is 0.316. The molecule has 1 aromatic rings. The summed E-state index contributed by atoms with van der Waals surface area (Å²) in [4.78, 5) is 0. The number of methoxy groups -OCH3 is 1. The first-order valence-electron chi connectivity index (χ1n) is 5.51. The summed E-state index contributed by atoms with van der Waals surface area (Å²) in [6.07, 6.45) is 0.737. The zero-order chi connectivity index (χ0) is 12.8. The van der Waals surface area contributed by atoms with E-state index in [1.54, 1.807) is 7.11 Å². The normalized spacial score (nSPS) is 13.2. The number of amidine groups is 1. The maximum atomic E-state index is 8.65. The number of rotatable bonds is 5. The highest BCUT2D eigenvalue weighted by atomic mass is 16.5. The van der Waals surface area contributed by atoms with Crippen molar-refractivity contribution in [2.24, 2.45) is 10.9 Å². The predicted octanol–water partition coefficient (Wildman–Crippen LogP) is 1.94. The molecule has 0 saturated heterocycles. The van der Waals surface area contributed by atoms with Gasteiger partial charge in [-0.2, -0.15) is 0 Å². The van der Waals surface area contributed by atoms with E-state index < -0.39 is 0 Å². The van der Waals surface area contributed by atoms with Gasteiger partial charge in [0.25, 0.3) is 0 Å². The zero-order valence-corrected chi connectivity index (χ0v) is 10.4. The smallest absolute Gasteiger partial charge is 0.161 e. The summed E-state index contributed by atoms with van der Waals surface area (Å²) in [6.45, 7) is 3.93. The van der Waals surface area contributed by atoms with E-state index >= 15 is 0 Å². The molecular formula is C12H19N3O2. The van der Waals surface area contributed by atoms with E-state index in [2.05, 4.69) is 10.5 Å². The van der Waals surface area contributed by atoms with E-state index in [0.29, 0.717) is 0 Å². The van der Waals surface area contributed by atoms with Crippen LogP contribution >= 0.6 is 0 Å². The van der Waals surface area contributed by atoms with Crippen molar-refractivity contribution in [1.82, 2.24) is 0 Å². The summed E-state index contributed by atoms with van der Waals surface area (Å²) in [7, 11) is 1.64. The minimum absolute atomic E-state index is 0.173. The van der Waals surface area contributed by atoms with Crippen LogP contribution in [0.4, 0.5) is 5.69 Å². The molecule has 0 amide bonds. The first-order chi connectivity index (χ1) is 8.12. The third kappa shape index (κ3) is 3.27. The molecule has 17 heavy (non-hydrogen) atoms. The van der Waals surface area contributed by atoms with Gasteiger partial charge < -0.3 is 21.0 Å². The van der Waals surface area contributed by atoms with E-state index in [4.69, 9.17) is 15.7 Å². The van der Waals surface area contributed by atoms with Crippen LogP contribution in [-0.4, -0.2) is 24.2 Å². The first-order valence-corrected chi connectivity index (χ1v) is 5.51. The molecule has 0 aliphatic carbocycles. The Bertz CT molecular complexity index is 405. The van der Waals surface area contributed by atoms with Crippen LogP contribution in [0.25, 0.3) is 0 Å². The summed E-state index contributed by atoms with van der Waals surface area (Å²) in [5.41, 5.74) is 7.53. The fourth-order valence-electron chi connectivity index (χ4n) is 1.62. The lowest BCUT2D eigenvalue weighted by atomic mass is 10.1. The molecule has 0 aromatic heterocycles. The van der Waals surface area contributed by atoms with Crippen LogP contribution in [-0.2, 0) is 0 Å². The standard InChI is InChI=1S/C12H19N3O2/c1-4-10(12(13)15-16)14-9-5-6-11(17-3)8(2)7-9/h5-7,10,14,16H,4H2,1-3H3,(H2,13,15). The molecule has 94 valence electrons. The predicted molar refractivity (Wildman–Crippen MR) is 68.8 cm³/mol. The highest BCUT2D eigenvalue weighted by Crippen LogP contribution is 2.22. The number of nitrogens with zero attached hydrogens (tertiary/aromatic N) is 1. The van der Waals surface area contributed by atoms with Gasteiger partial charge in [0.2, 0.25) is 0 Å². The van der Waals surface area contributed by atoms with Gasteiger partial charge in [0, 0.05) is 5.69 Å². The molecule has 0 heterocycles. The summed E-state index contributed by atoms with van der Waals surface area (Å²) in [6, 6.07) is 5.58. The lowest BCUT2D eigenvalue weighted by Gasteiger charge is -2.17. The fraction of sp³-hybridized carbons (Fsp3) is 0.417. The van der Waals surface area contributed by atoms with E-state index in [9.17, 15) is 0 Å². The second-order valence-corrected chi connectivity index (χ2v) is 3.81. The average molecular weight is 237 g/mol. The van der Waals surface area contributed by atoms with Crippen molar-refractivity contribution in [3.05, 3.63) is 23.8 Å². The van der Waals surface area contributed by atoms with Crippen molar-refractivity contribution >= 4 is 11.5 Å². The minimum atomic E-state index is -0.173. The molecule has 4 N–H and O–H groups in total. The van der Waals surface area contributed by atoms with Crippen molar-refractivity contribution in [1.29, 1.82) is 0 Å². The van der Waals surface area contributed by atoms with E-state index in [1.807, 2.05) is 32.0 Å². The molecule has 5 heteroatoms. The Morgan fingerprint density at radius 1 is 1.59 bits per heavy atom. The molecule has 0 aliphatic heterocycles. The van der Waals surface area contributed by atoms with Crippen LogP contribution < -0.4 is 15.8 Å². The molecular weight excluding hydrogens is 218 g/mol. The second kappa shape index (κ2) is 5.98. The maximum Gasteiger partial charge on any atom is 0.161 e. The van der Waals surface area contributed by atoms with Gasteiger partial charge in [-0.25, -0.2) is 0 Å². The Morgan fingerprint density at radius 3 is 2.76 bits per heavy atom. The van der Waals surface area contributed by atoms with E-state index in [0.717, 1.165) is 23.4 Å². The Hall–Kier alpha value is -1.91. The maximum absolute atomic E-state index is 8.65. The zero-order valence-electron chi connectivity index (χ0n) is 10.4. The molecule has 1 aromatic carbocycles. The van der Waals surface area contributed by atoms with Gasteiger partial charge in [-0.05, 0) is 37.1 Å². The van der Waals surface area contributed by atoms with Gasteiger partial charge in [-0.3, -0.25) is 0 Å². The second-order valence-electron chi connectivity index (χ2n) is 3.81. The van der Waals surface area contributed by atoms with Crippen LogP contribution in [0.2, 0.25) is 0 Å². The Morgan fingerprint density at radius 2 is 2.29 bits per heavy atom. The largest absolute Gasteiger partial charge is 0.496 e. The monoisotopic (exact) mass is 237 g/mol. The van der Waals surface area contributed by atoms with Crippen LogP contribution in [0.15, 0.2) is 23.4 Å². The third-order valence-electron chi connectivity index (χ3n) is 2.62. The van der Waals surface area contributed by atoms with Gasteiger partial charge in [0.05, 0.1) is 13.2 Å². The molecule has 0 radical (unpaired) electrons. The van der Waals surface area contributed by atoms with E-state index in [1.165, 1.54) is 0 Å². The summed E-state index contributed by atoms with van der Waals surface area (Å²) < 4.78 is 5.18. The fourth-order valence-corrected chi connectivity index (χ4v) is 1.62. The number of hydrogen-bond donors (Lipinski definition) is 3. The molecule has 1 unspecified atom stereocenters. The number of hydrogen-bond acceptors (Lipinski definition) is 4. The lowest BCUT2D eigenvalue weighted by Crippen LogP contribution is -2.35. The molecule has 0 aliphatic rings. The van der Waals surface area contributed by atoms with Crippen LogP contribution in [0.1, 0.15) is 18.9 Å². The third-order valence-corrected chi connectivity index (χ3v) is 2.62. The van der Waals surface area contributed by atoms with Crippen LogP contribution in [0.3, 0.4) is 0 Å². The van der Waals surface area contributed by atoms with Gasteiger partial charge in [0.1, 0.15) is 5.75 Å². The number of anilines is 1. The topological polar surface area (TPSA) is 79.9 Å². The number of nitrogens with one attached hydrogen (secondary N) is 1. The van der Waals surface area contributed by atoms with Gasteiger partial charge >= 0.3 is 0 Å². The highest BCUT2D eigenvalue weighted by molar-refractivity contribution is 5.87. The SMILES string of the molecule is CCC(Nc1ccc(OC)c(C)c1)C(N)=NO. The summed E-state index contributed by atoms with van der Waals surface area (Å²) >= 11 is 0. The summed E-state index contributed by atoms with van der Waals surface area (Å²) in [5.74, 6) is 1.02. The highest BCUT2D eigenvalue weighted by Gasteiger charge is 2.11. The van der Waals surface area contributed by atoms with Gasteiger partial charge in [-0.1, -0.05) is 12.1 Å². The van der Waals surface area contributed by atoms with Crippen molar-refractivity contribution in [2.75, 3.05) is 12.4 Å². The Kier molecular flexibility index (Phi) is 4.63. The molecule has 1 rings (SSSR count). The molecule has 0 spiro atoms. The number of nitrogens with two attached hydrogens (primary N) is 1. The van der Waals surface area contributed by atoms with Crippen LogP contribution in [0, 0.1) is 6.92 Å². The van der Waals surface area contributed by atoms with Crippen molar-refractivity contribution in [2.45, 2.75) is 26.3 Å². The molecule has 5 nitrogen and oxygen atoms in total. The number of aryl methyl sites for hydroxylation is 1. The van der Waals surface area contributed by atoms with Gasteiger partial charge in [-0.15, -0.1) is 0 Å². The van der Waals surface area contributed by atoms with Crippen molar-refractivity contribution in [3.63, 3.8) is 0 Å². The van der Waals surface area contributed by atoms with Crippen LogP contribution in [0.5, 0.6) is 5.75 Å². The number of benzene rings is 1. The van der Waals surface area contributed by atoms with Gasteiger partial charge in [0.15, 0.2) is 5.84 Å². The van der Waals surface area contributed by atoms with Crippen molar-refractivity contribution < 1.29 is 9.94 Å².